The predicted molar refractivity (Wildman–Crippen MR) is 63.5 cm³/mol. The number of amides is 1. The van der Waals surface area contributed by atoms with Crippen molar-refractivity contribution >= 4 is 15.9 Å². The Morgan fingerprint density at radius 2 is 2.00 bits per heavy atom. The minimum Gasteiger partial charge on any atom is -0.491 e. The lowest BCUT2D eigenvalue weighted by molar-refractivity contribution is 0.0977. The fraction of sp³-hybridized carbons (Fsp3) is 0.364. The molecular weight excluding hydrogens is 242 g/mol. The van der Waals surface area contributed by atoms with Crippen LogP contribution in [0.25, 0.3) is 0 Å². The highest BCUT2D eigenvalue weighted by atomic mass is 32.2. The third-order valence-electron chi connectivity index (χ3n) is 1.70. The smallest absolute Gasteiger partial charge is 0.287 e. The van der Waals surface area contributed by atoms with E-state index >= 15 is 0 Å². The Morgan fingerprint density at radius 3 is 2.53 bits per heavy atom. The van der Waals surface area contributed by atoms with Gasteiger partial charge in [-0.3, -0.25) is 4.79 Å². The number of hydrogen-bond acceptors (Lipinski definition) is 4. The van der Waals surface area contributed by atoms with Crippen LogP contribution in [0, 0.1) is 0 Å². The van der Waals surface area contributed by atoms with Crippen LogP contribution in [0.3, 0.4) is 0 Å². The Morgan fingerprint density at radius 1 is 1.35 bits per heavy atom. The summed E-state index contributed by atoms with van der Waals surface area (Å²) in [7, 11) is -3.67. The van der Waals surface area contributed by atoms with E-state index in [0.717, 1.165) is 6.26 Å². The van der Waals surface area contributed by atoms with Gasteiger partial charge in [-0.25, -0.2) is 8.42 Å². The van der Waals surface area contributed by atoms with Gasteiger partial charge in [0.05, 0.1) is 12.4 Å². The molecule has 0 saturated heterocycles. The molecule has 1 amide bonds. The van der Waals surface area contributed by atoms with Crippen LogP contribution in [0.2, 0.25) is 0 Å². The number of ether oxygens (including phenoxy) is 1. The highest BCUT2D eigenvalue weighted by Crippen LogP contribution is 2.15. The van der Waals surface area contributed by atoms with Crippen LogP contribution in [0.5, 0.6) is 5.75 Å². The zero-order valence-corrected chi connectivity index (χ0v) is 10.7. The third kappa shape index (κ3) is 4.86. The minimum atomic E-state index is -3.67. The van der Waals surface area contributed by atoms with E-state index < -0.39 is 15.9 Å². The van der Waals surface area contributed by atoms with Crippen molar-refractivity contribution in [2.24, 2.45) is 0 Å². The molecule has 0 fully saturated rings. The van der Waals surface area contributed by atoms with Crippen LogP contribution >= 0.6 is 0 Å². The molecule has 0 unspecified atom stereocenters. The van der Waals surface area contributed by atoms with E-state index in [1.165, 1.54) is 12.1 Å². The summed E-state index contributed by atoms with van der Waals surface area (Å²) in [5, 5.41) is 0. The molecule has 0 saturated carbocycles. The molecule has 1 radical (unpaired) electrons. The lowest BCUT2D eigenvalue weighted by atomic mass is 10.2. The molecule has 0 bridgehead atoms. The third-order valence-corrected chi connectivity index (χ3v) is 2.20. The van der Waals surface area contributed by atoms with E-state index in [2.05, 4.69) is 4.72 Å². The van der Waals surface area contributed by atoms with Gasteiger partial charge >= 0.3 is 0 Å². The van der Waals surface area contributed by atoms with Gasteiger partial charge in [-0.15, -0.1) is 4.72 Å². The van der Waals surface area contributed by atoms with Crippen LogP contribution in [0.15, 0.2) is 24.3 Å². The molecule has 1 aromatic carbocycles. The molecule has 0 aliphatic rings. The Hall–Kier alpha value is -1.56. The quantitative estimate of drug-likeness (QED) is 0.810. The van der Waals surface area contributed by atoms with Gasteiger partial charge in [-0.05, 0) is 32.0 Å². The van der Waals surface area contributed by atoms with E-state index in [-0.39, 0.29) is 11.7 Å². The molecule has 0 spiro atoms. The number of carbonyl (C=O) groups excluding carboxylic acids is 1. The summed E-state index contributed by atoms with van der Waals surface area (Å²) in [4.78, 5) is 11.5. The normalized spacial score (nSPS) is 11.3. The number of benzene rings is 1. The molecule has 6 heteroatoms. The van der Waals surface area contributed by atoms with Crippen molar-refractivity contribution in [2.45, 2.75) is 20.0 Å². The highest BCUT2D eigenvalue weighted by molar-refractivity contribution is 7.89. The van der Waals surface area contributed by atoms with Crippen molar-refractivity contribution in [1.82, 2.24) is 4.72 Å². The molecule has 5 nitrogen and oxygen atoms in total. The molecule has 0 aromatic heterocycles. The maximum Gasteiger partial charge on any atom is 0.287 e. The second-order valence-corrected chi connectivity index (χ2v) is 5.47. The number of rotatable bonds is 4. The summed E-state index contributed by atoms with van der Waals surface area (Å²) in [6.45, 7) is 3.71. The first-order chi connectivity index (χ1) is 7.78. The monoisotopic (exact) mass is 256 g/mol. The van der Waals surface area contributed by atoms with Crippen molar-refractivity contribution in [2.75, 3.05) is 6.26 Å². The number of nitrogens with zero attached hydrogens (tertiary/aromatic N) is 1. The molecule has 0 heterocycles. The van der Waals surface area contributed by atoms with E-state index in [0.29, 0.717) is 5.75 Å². The van der Waals surface area contributed by atoms with Crippen LogP contribution in [0.4, 0.5) is 0 Å². The van der Waals surface area contributed by atoms with E-state index in [9.17, 15) is 13.2 Å². The van der Waals surface area contributed by atoms with Gasteiger partial charge in [0.25, 0.3) is 15.9 Å². The van der Waals surface area contributed by atoms with Crippen molar-refractivity contribution in [3.8, 4) is 5.75 Å². The van der Waals surface area contributed by atoms with Gasteiger partial charge in [0.2, 0.25) is 0 Å². The van der Waals surface area contributed by atoms with Gasteiger partial charge in [0.15, 0.2) is 0 Å². The Kier molecular flexibility index (Phi) is 4.11. The van der Waals surface area contributed by atoms with E-state index in [1.54, 1.807) is 12.1 Å². The van der Waals surface area contributed by atoms with Crippen LogP contribution in [-0.4, -0.2) is 26.7 Å². The number of hydrogen-bond donors (Lipinski definition) is 0. The van der Waals surface area contributed by atoms with Gasteiger partial charge in [-0.1, -0.05) is 6.07 Å². The van der Waals surface area contributed by atoms with Gasteiger partial charge in [0.1, 0.15) is 5.75 Å². The van der Waals surface area contributed by atoms with Gasteiger partial charge in [0, 0.05) is 5.56 Å². The maximum absolute atomic E-state index is 11.5. The average molecular weight is 256 g/mol. The zero-order chi connectivity index (χ0) is 13.1. The molecule has 0 aliphatic carbocycles. The Balaban J connectivity index is 2.88. The van der Waals surface area contributed by atoms with Crippen molar-refractivity contribution < 1.29 is 17.9 Å². The fourth-order valence-electron chi connectivity index (χ4n) is 1.18. The summed E-state index contributed by atoms with van der Waals surface area (Å²) >= 11 is 0. The van der Waals surface area contributed by atoms with Crippen LogP contribution in [-0.2, 0) is 10.0 Å². The molecule has 0 aliphatic heterocycles. The summed E-state index contributed by atoms with van der Waals surface area (Å²) in [6.07, 6.45) is 0.853. The predicted octanol–water partition coefficient (Wildman–Crippen LogP) is 1.18. The first-order valence-electron chi connectivity index (χ1n) is 5.02. The van der Waals surface area contributed by atoms with Crippen molar-refractivity contribution in [1.29, 1.82) is 0 Å². The second-order valence-electron chi connectivity index (χ2n) is 3.82. The highest BCUT2D eigenvalue weighted by Gasteiger charge is 2.14. The number of sulfonamides is 1. The van der Waals surface area contributed by atoms with E-state index in [4.69, 9.17) is 4.74 Å². The fourth-order valence-corrected chi connectivity index (χ4v) is 1.58. The van der Waals surface area contributed by atoms with Crippen LogP contribution in [0.1, 0.15) is 24.2 Å². The number of carbonyl (C=O) groups is 1. The SMILES string of the molecule is CC(C)Oc1cccc(C(=O)[N]S(C)(=O)=O)c1. The molecule has 0 atom stereocenters. The van der Waals surface area contributed by atoms with Crippen molar-refractivity contribution in [3.05, 3.63) is 29.8 Å². The minimum absolute atomic E-state index is 0.0211. The molecule has 93 valence electrons. The molecule has 1 aromatic rings. The zero-order valence-electron chi connectivity index (χ0n) is 9.88. The van der Waals surface area contributed by atoms with Crippen LogP contribution < -0.4 is 9.46 Å². The van der Waals surface area contributed by atoms with E-state index in [1.807, 2.05) is 13.8 Å². The van der Waals surface area contributed by atoms with Gasteiger partial charge in [-0.2, -0.15) is 0 Å². The first-order valence-corrected chi connectivity index (χ1v) is 6.87. The maximum atomic E-state index is 11.5. The summed E-state index contributed by atoms with van der Waals surface area (Å²) in [5.74, 6) is -0.281. The Labute approximate surface area is 101 Å². The lowest BCUT2D eigenvalue weighted by Gasteiger charge is -2.10. The topological polar surface area (TPSA) is 74.5 Å². The molecule has 0 N–H and O–H groups in total. The molecular formula is C11H14NO4S. The second kappa shape index (κ2) is 5.18. The summed E-state index contributed by atoms with van der Waals surface area (Å²) < 4.78 is 30.2. The Bertz CT molecular complexity index is 508. The van der Waals surface area contributed by atoms with Gasteiger partial charge < -0.3 is 4.74 Å². The molecule has 17 heavy (non-hydrogen) atoms. The largest absolute Gasteiger partial charge is 0.491 e. The summed E-state index contributed by atoms with van der Waals surface area (Å²) in [5.41, 5.74) is 0.188. The molecule has 1 rings (SSSR count). The van der Waals surface area contributed by atoms with Crippen molar-refractivity contribution in [3.63, 3.8) is 0 Å². The lowest BCUT2D eigenvalue weighted by Crippen LogP contribution is -2.22. The first kappa shape index (κ1) is 13.5. The summed E-state index contributed by atoms with van der Waals surface area (Å²) in [6, 6.07) is 6.27. The average Bonchev–Trinajstić information content (AvgIpc) is 2.14. The standard InChI is InChI=1S/C11H14NO4S/c1-8(2)16-10-6-4-5-9(7-10)11(13)12-17(3,14)15/h4-8H,1-3H3.